The first-order chi connectivity index (χ1) is 8.97. The summed E-state index contributed by atoms with van der Waals surface area (Å²) in [6.07, 6.45) is 0. The maximum atomic E-state index is 13.0. The number of hydrogen-bond donors (Lipinski definition) is 1. The van der Waals surface area contributed by atoms with Crippen LogP contribution in [0.2, 0.25) is 0 Å². The van der Waals surface area contributed by atoms with Crippen LogP contribution < -0.4 is 5.32 Å². The first kappa shape index (κ1) is 14.5. The molecule has 0 radical (unpaired) electrons. The van der Waals surface area contributed by atoms with Crippen LogP contribution in [0.1, 0.15) is 15.9 Å². The van der Waals surface area contributed by atoms with Crippen LogP contribution in [0.3, 0.4) is 0 Å². The van der Waals surface area contributed by atoms with E-state index >= 15 is 0 Å². The summed E-state index contributed by atoms with van der Waals surface area (Å²) < 4.78 is 14.5. The Hall–Kier alpha value is -0.950. The average Bonchev–Trinajstić information content (AvgIpc) is 2.33. The van der Waals surface area contributed by atoms with Gasteiger partial charge in [-0.25, -0.2) is 4.39 Å². The Bertz CT molecular complexity index is 645. The van der Waals surface area contributed by atoms with Crippen molar-refractivity contribution in [1.82, 2.24) is 0 Å². The highest BCUT2D eigenvalue weighted by Crippen LogP contribution is 2.21. The topological polar surface area (TPSA) is 29.1 Å². The minimum absolute atomic E-state index is 0.272. The third kappa shape index (κ3) is 3.54. The van der Waals surface area contributed by atoms with Crippen LogP contribution in [0, 0.1) is 16.3 Å². The molecule has 5 heteroatoms. The second-order valence-corrected chi connectivity index (χ2v) is 6.06. The number of nitrogens with one attached hydrogen (secondary N) is 1. The highest BCUT2D eigenvalue weighted by molar-refractivity contribution is 14.1. The Morgan fingerprint density at radius 3 is 2.63 bits per heavy atom. The Kier molecular flexibility index (Phi) is 4.57. The zero-order valence-corrected chi connectivity index (χ0v) is 13.7. The molecule has 0 aliphatic rings. The molecule has 0 saturated carbocycles. The van der Waals surface area contributed by atoms with Crippen LogP contribution >= 0.6 is 38.5 Å². The van der Waals surface area contributed by atoms with E-state index in [4.69, 9.17) is 0 Å². The molecule has 0 unspecified atom stereocenters. The van der Waals surface area contributed by atoms with E-state index in [1.807, 2.05) is 25.1 Å². The number of halogens is 3. The Balaban J connectivity index is 2.23. The summed E-state index contributed by atoms with van der Waals surface area (Å²) in [4.78, 5) is 12.1. The highest BCUT2D eigenvalue weighted by atomic mass is 127. The lowest BCUT2D eigenvalue weighted by atomic mass is 10.2. The van der Waals surface area contributed by atoms with E-state index in [9.17, 15) is 9.18 Å². The second-order valence-electron chi connectivity index (χ2n) is 4.04. The quantitative estimate of drug-likeness (QED) is 0.680. The van der Waals surface area contributed by atoms with Gasteiger partial charge < -0.3 is 5.32 Å². The van der Waals surface area contributed by atoms with Crippen LogP contribution in [0.25, 0.3) is 0 Å². The lowest BCUT2D eigenvalue weighted by Crippen LogP contribution is -2.12. The number of benzene rings is 2. The van der Waals surface area contributed by atoms with Gasteiger partial charge in [-0.15, -0.1) is 0 Å². The third-order valence-corrected chi connectivity index (χ3v) is 4.42. The molecular weight excluding hydrogens is 424 g/mol. The Morgan fingerprint density at radius 1 is 1.26 bits per heavy atom. The minimum Gasteiger partial charge on any atom is -0.322 e. The number of carbonyl (C=O) groups is 1. The molecule has 2 nitrogen and oxygen atoms in total. The van der Waals surface area contributed by atoms with Gasteiger partial charge in [0.25, 0.3) is 5.91 Å². The average molecular weight is 434 g/mol. The number of hydrogen-bond acceptors (Lipinski definition) is 1. The molecule has 1 N–H and O–H groups in total. The summed E-state index contributed by atoms with van der Waals surface area (Å²) in [5.41, 5.74) is 2.27. The molecule has 0 saturated heterocycles. The van der Waals surface area contributed by atoms with E-state index < -0.39 is 0 Å². The molecular formula is C14H10BrFINO. The highest BCUT2D eigenvalue weighted by Gasteiger charge is 2.11. The van der Waals surface area contributed by atoms with Crippen molar-refractivity contribution < 1.29 is 9.18 Å². The maximum absolute atomic E-state index is 13.0. The van der Waals surface area contributed by atoms with E-state index in [2.05, 4.69) is 43.8 Å². The Labute approximate surface area is 132 Å². The van der Waals surface area contributed by atoms with E-state index in [0.29, 0.717) is 10.0 Å². The van der Waals surface area contributed by atoms with Gasteiger partial charge >= 0.3 is 0 Å². The predicted octanol–water partition coefficient (Wildman–Crippen LogP) is 4.75. The summed E-state index contributed by atoms with van der Waals surface area (Å²) in [7, 11) is 0. The fraction of sp³-hybridized carbons (Fsp3) is 0.0714. The lowest BCUT2D eigenvalue weighted by molar-refractivity contribution is 0.102. The molecule has 1 amide bonds. The zero-order chi connectivity index (χ0) is 14.0. The second kappa shape index (κ2) is 6.00. The van der Waals surface area contributed by atoms with Crippen molar-refractivity contribution in [3.8, 4) is 0 Å². The fourth-order valence-electron chi connectivity index (χ4n) is 1.54. The fourth-order valence-corrected chi connectivity index (χ4v) is 2.59. The van der Waals surface area contributed by atoms with Crippen molar-refractivity contribution in [3.63, 3.8) is 0 Å². The molecule has 0 aliphatic heterocycles. The predicted molar refractivity (Wildman–Crippen MR) is 85.9 cm³/mol. The van der Waals surface area contributed by atoms with Crippen LogP contribution in [0.4, 0.5) is 10.1 Å². The normalized spacial score (nSPS) is 10.3. The molecule has 0 spiro atoms. The van der Waals surface area contributed by atoms with Gasteiger partial charge in [-0.3, -0.25) is 4.79 Å². The first-order valence-electron chi connectivity index (χ1n) is 5.50. The molecule has 0 bridgehead atoms. The van der Waals surface area contributed by atoms with Gasteiger partial charge in [0, 0.05) is 13.7 Å². The molecule has 2 aromatic carbocycles. The van der Waals surface area contributed by atoms with Crippen molar-refractivity contribution in [1.29, 1.82) is 0 Å². The molecule has 98 valence electrons. The monoisotopic (exact) mass is 433 g/mol. The van der Waals surface area contributed by atoms with Gasteiger partial charge in [-0.05, 0) is 81.3 Å². The third-order valence-electron chi connectivity index (χ3n) is 2.61. The standard InChI is InChI=1S/C14H10BrFINO/c1-8-2-4-10(7-13(8)17)18-14(19)11-5-3-9(16)6-12(11)15/h2-7H,1H3,(H,18,19). The van der Waals surface area contributed by atoms with E-state index in [0.717, 1.165) is 14.8 Å². The number of amides is 1. The van der Waals surface area contributed by atoms with Crippen LogP contribution in [-0.2, 0) is 0 Å². The summed E-state index contributed by atoms with van der Waals surface area (Å²) in [5, 5.41) is 2.79. The molecule has 0 fully saturated rings. The number of carbonyl (C=O) groups excluding carboxylic acids is 1. The van der Waals surface area contributed by atoms with Crippen molar-refractivity contribution in [2.75, 3.05) is 5.32 Å². The molecule has 19 heavy (non-hydrogen) atoms. The van der Waals surface area contributed by atoms with Gasteiger partial charge in [0.2, 0.25) is 0 Å². The lowest BCUT2D eigenvalue weighted by Gasteiger charge is -2.08. The van der Waals surface area contributed by atoms with E-state index in [1.165, 1.54) is 18.2 Å². The summed E-state index contributed by atoms with van der Waals surface area (Å²) in [6, 6.07) is 9.66. The van der Waals surface area contributed by atoms with E-state index in [-0.39, 0.29) is 11.7 Å². The van der Waals surface area contributed by atoms with Crippen molar-refractivity contribution >= 4 is 50.1 Å². The molecule has 0 aromatic heterocycles. The van der Waals surface area contributed by atoms with Crippen molar-refractivity contribution in [2.45, 2.75) is 6.92 Å². The zero-order valence-electron chi connectivity index (χ0n) is 10.0. The van der Waals surface area contributed by atoms with Crippen LogP contribution in [0.15, 0.2) is 40.9 Å². The van der Waals surface area contributed by atoms with Gasteiger partial charge in [0.05, 0.1) is 5.56 Å². The molecule has 2 rings (SSSR count). The van der Waals surface area contributed by atoms with Crippen LogP contribution in [-0.4, -0.2) is 5.91 Å². The summed E-state index contributed by atoms with van der Waals surface area (Å²) >= 11 is 5.40. The molecule has 2 aromatic rings. The van der Waals surface area contributed by atoms with Crippen molar-refractivity contribution in [3.05, 3.63) is 61.4 Å². The number of rotatable bonds is 2. The summed E-state index contributed by atoms with van der Waals surface area (Å²) in [5.74, 6) is -0.653. The van der Waals surface area contributed by atoms with Gasteiger partial charge in [-0.1, -0.05) is 6.07 Å². The summed E-state index contributed by atoms with van der Waals surface area (Å²) in [6.45, 7) is 2.00. The van der Waals surface area contributed by atoms with Crippen LogP contribution in [0.5, 0.6) is 0 Å². The van der Waals surface area contributed by atoms with Gasteiger partial charge in [-0.2, -0.15) is 0 Å². The Morgan fingerprint density at radius 2 is 2.00 bits per heavy atom. The smallest absolute Gasteiger partial charge is 0.256 e. The van der Waals surface area contributed by atoms with Gasteiger partial charge in [0.1, 0.15) is 5.82 Å². The largest absolute Gasteiger partial charge is 0.322 e. The minimum atomic E-state index is -0.381. The van der Waals surface area contributed by atoms with Crippen molar-refractivity contribution in [2.24, 2.45) is 0 Å². The molecule has 0 heterocycles. The molecule has 0 aliphatic carbocycles. The SMILES string of the molecule is Cc1ccc(NC(=O)c2ccc(F)cc2Br)cc1I. The van der Waals surface area contributed by atoms with E-state index in [1.54, 1.807) is 0 Å². The number of aryl methyl sites for hydroxylation is 1. The van der Waals surface area contributed by atoms with Gasteiger partial charge in [0.15, 0.2) is 0 Å². The number of anilines is 1. The first-order valence-corrected chi connectivity index (χ1v) is 7.37. The molecule has 0 atom stereocenters. The maximum Gasteiger partial charge on any atom is 0.256 e.